The van der Waals surface area contributed by atoms with Crippen molar-refractivity contribution in [1.82, 2.24) is 10.1 Å². The molecular weight excluding hydrogens is 226 g/mol. The van der Waals surface area contributed by atoms with E-state index in [1.165, 1.54) is 30.7 Å². The fraction of sp³-hybridized carbons (Fsp3) is 0. The zero-order chi connectivity index (χ0) is 12.3. The van der Waals surface area contributed by atoms with E-state index in [0.717, 1.165) is 0 Å². The Morgan fingerprint density at radius 1 is 1.35 bits per heavy atom. The number of carboxylic acid groups (broad SMARTS) is 1. The molecule has 86 valence electrons. The van der Waals surface area contributed by atoms with Gasteiger partial charge in [0.2, 0.25) is 0 Å². The number of aromatic carboxylic acids is 1. The molecule has 0 aliphatic carbocycles. The average Bonchev–Trinajstić information content (AvgIpc) is 2.81. The first-order valence-corrected chi connectivity index (χ1v) is 4.58. The van der Waals surface area contributed by atoms with Crippen LogP contribution < -0.4 is 5.32 Å². The molecule has 2 N–H and O–H groups in total. The molecule has 2 aromatic rings. The molecule has 0 aliphatic heterocycles. The standard InChI is InChI=1S/C10H7N3O4/c14-9(12-7-3-5-17-13-7)8-6(10(15)16)2-1-4-11-8/h1-5H,(H,15,16)(H,12,13,14). The first-order chi connectivity index (χ1) is 8.18. The highest BCUT2D eigenvalue weighted by Crippen LogP contribution is 2.09. The molecule has 7 nitrogen and oxygen atoms in total. The first-order valence-electron chi connectivity index (χ1n) is 4.58. The van der Waals surface area contributed by atoms with E-state index in [2.05, 4.69) is 20.0 Å². The first kappa shape index (κ1) is 10.8. The van der Waals surface area contributed by atoms with Crippen molar-refractivity contribution < 1.29 is 19.2 Å². The topological polar surface area (TPSA) is 105 Å². The van der Waals surface area contributed by atoms with E-state index in [1.807, 2.05) is 0 Å². The van der Waals surface area contributed by atoms with Gasteiger partial charge in [0, 0.05) is 12.3 Å². The molecule has 17 heavy (non-hydrogen) atoms. The highest BCUT2D eigenvalue weighted by atomic mass is 16.5. The van der Waals surface area contributed by atoms with E-state index in [-0.39, 0.29) is 17.1 Å². The number of pyridine rings is 1. The molecule has 7 heteroatoms. The Balaban J connectivity index is 2.28. The van der Waals surface area contributed by atoms with Gasteiger partial charge in [0.1, 0.15) is 12.0 Å². The molecule has 0 atom stereocenters. The largest absolute Gasteiger partial charge is 0.478 e. The van der Waals surface area contributed by atoms with Crippen molar-refractivity contribution in [1.29, 1.82) is 0 Å². The third kappa shape index (κ3) is 2.28. The quantitative estimate of drug-likeness (QED) is 0.819. The molecule has 2 aromatic heterocycles. The second-order valence-electron chi connectivity index (χ2n) is 3.04. The molecule has 0 saturated heterocycles. The van der Waals surface area contributed by atoms with Crippen molar-refractivity contribution in [2.75, 3.05) is 5.32 Å². The van der Waals surface area contributed by atoms with Gasteiger partial charge in [-0.3, -0.25) is 9.78 Å². The molecule has 2 heterocycles. The van der Waals surface area contributed by atoms with Crippen LogP contribution in [0.3, 0.4) is 0 Å². The molecule has 0 unspecified atom stereocenters. The lowest BCUT2D eigenvalue weighted by atomic mass is 10.2. The van der Waals surface area contributed by atoms with Gasteiger partial charge in [0.15, 0.2) is 5.82 Å². The van der Waals surface area contributed by atoms with E-state index in [0.29, 0.717) is 0 Å². The van der Waals surface area contributed by atoms with Crippen LogP contribution in [0.25, 0.3) is 0 Å². The molecule has 0 saturated carbocycles. The predicted octanol–water partition coefficient (Wildman–Crippen LogP) is 1.02. The van der Waals surface area contributed by atoms with Gasteiger partial charge in [0.25, 0.3) is 5.91 Å². The summed E-state index contributed by atoms with van der Waals surface area (Å²) in [4.78, 5) is 26.3. The fourth-order valence-corrected chi connectivity index (χ4v) is 1.21. The monoisotopic (exact) mass is 233 g/mol. The fourth-order valence-electron chi connectivity index (χ4n) is 1.21. The Morgan fingerprint density at radius 3 is 2.82 bits per heavy atom. The van der Waals surface area contributed by atoms with Gasteiger partial charge >= 0.3 is 5.97 Å². The van der Waals surface area contributed by atoms with E-state index < -0.39 is 11.9 Å². The Bertz CT molecular complexity index is 550. The van der Waals surface area contributed by atoms with Gasteiger partial charge in [-0.15, -0.1) is 0 Å². The number of carboxylic acids is 1. The number of carbonyl (C=O) groups is 2. The zero-order valence-electron chi connectivity index (χ0n) is 8.45. The average molecular weight is 233 g/mol. The van der Waals surface area contributed by atoms with E-state index in [1.54, 1.807) is 0 Å². The van der Waals surface area contributed by atoms with E-state index >= 15 is 0 Å². The number of carbonyl (C=O) groups excluding carboxylic acids is 1. The minimum Gasteiger partial charge on any atom is -0.478 e. The van der Waals surface area contributed by atoms with Crippen LogP contribution in [0, 0.1) is 0 Å². The second kappa shape index (κ2) is 4.44. The Morgan fingerprint density at radius 2 is 2.18 bits per heavy atom. The van der Waals surface area contributed by atoms with Crippen LogP contribution in [-0.2, 0) is 0 Å². The van der Waals surface area contributed by atoms with Gasteiger partial charge in [-0.05, 0) is 12.1 Å². The third-order valence-corrected chi connectivity index (χ3v) is 1.93. The summed E-state index contributed by atoms with van der Waals surface area (Å²) >= 11 is 0. The summed E-state index contributed by atoms with van der Waals surface area (Å²) in [5.41, 5.74) is -0.350. The van der Waals surface area contributed by atoms with Crippen molar-refractivity contribution in [3.63, 3.8) is 0 Å². The molecule has 0 bridgehead atoms. The number of hydrogen-bond acceptors (Lipinski definition) is 5. The van der Waals surface area contributed by atoms with Crippen molar-refractivity contribution in [2.45, 2.75) is 0 Å². The summed E-state index contributed by atoms with van der Waals surface area (Å²) in [6.45, 7) is 0. The Kier molecular flexibility index (Phi) is 2.82. The van der Waals surface area contributed by atoms with Crippen LogP contribution >= 0.6 is 0 Å². The van der Waals surface area contributed by atoms with Gasteiger partial charge in [-0.25, -0.2) is 4.79 Å². The number of aromatic nitrogens is 2. The number of anilines is 1. The normalized spacial score (nSPS) is 9.88. The smallest absolute Gasteiger partial charge is 0.338 e. The van der Waals surface area contributed by atoms with Gasteiger partial charge < -0.3 is 14.9 Å². The zero-order valence-corrected chi connectivity index (χ0v) is 8.45. The highest BCUT2D eigenvalue weighted by molar-refractivity contribution is 6.08. The summed E-state index contributed by atoms with van der Waals surface area (Å²) in [5.74, 6) is -1.68. The van der Waals surface area contributed by atoms with Crippen molar-refractivity contribution in [2.24, 2.45) is 0 Å². The van der Waals surface area contributed by atoms with Crippen molar-refractivity contribution in [3.05, 3.63) is 41.9 Å². The van der Waals surface area contributed by atoms with Crippen LogP contribution in [0.1, 0.15) is 20.8 Å². The van der Waals surface area contributed by atoms with Crippen LogP contribution in [-0.4, -0.2) is 27.1 Å². The number of nitrogens with zero attached hydrogens (tertiary/aromatic N) is 2. The highest BCUT2D eigenvalue weighted by Gasteiger charge is 2.18. The number of nitrogens with one attached hydrogen (secondary N) is 1. The van der Waals surface area contributed by atoms with Crippen LogP contribution in [0.4, 0.5) is 5.82 Å². The third-order valence-electron chi connectivity index (χ3n) is 1.93. The molecule has 0 spiro atoms. The number of amides is 1. The lowest BCUT2D eigenvalue weighted by molar-refractivity contribution is 0.0691. The lowest BCUT2D eigenvalue weighted by Gasteiger charge is -2.03. The Labute approximate surface area is 95.1 Å². The minimum atomic E-state index is -1.22. The van der Waals surface area contributed by atoms with Crippen LogP contribution in [0.15, 0.2) is 35.2 Å². The summed E-state index contributed by atoms with van der Waals surface area (Å²) in [6, 6.07) is 4.17. The second-order valence-corrected chi connectivity index (χ2v) is 3.04. The van der Waals surface area contributed by atoms with Gasteiger partial charge in [-0.1, -0.05) is 5.16 Å². The van der Waals surface area contributed by atoms with E-state index in [9.17, 15) is 9.59 Å². The van der Waals surface area contributed by atoms with Crippen molar-refractivity contribution >= 4 is 17.7 Å². The predicted molar refractivity (Wildman–Crippen MR) is 55.7 cm³/mol. The lowest BCUT2D eigenvalue weighted by Crippen LogP contribution is -2.18. The molecule has 0 aliphatic rings. The van der Waals surface area contributed by atoms with Crippen molar-refractivity contribution in [3.8, 4) is 0 Å². The SMILES string of the molecule is O=C(O)c1cccnc1C(=O)Nc1ccon1. The molecule has 2 rings (SSSR count). The van der Waals surface area contributed by atoms with E-state index in [4.69, 9.17) is 5.11 Å². The molecule has 0 radical (unpaired) electrons. The maximum atomic E-state index is 11.7. The molecule has 0 fully saturated rings. The van der Waals surface area contributed by atoms with Crippen LogP contribution in [0.5, 0.6) is 0 Å². The number of rotatable bonds is 3. The molecular formula is C10H7N3O4. The van der Waals surface area contributed by atoms with Gasteiger partial charge in [-0.2, -0.15) is 0 Å². The molecule has 0 aromatic carbocycles. The summed E-state index contributed by atoms with van der Waals surface area (Å²) in [5, 5.41) is 14.7. The maximum absolute atomic E-state index is 11.7. The number of hydrogen-bond donors (Lipinski definition) is 2. The minimum absolute atomic E-state index is 0.173. The Hall–Kier alpha value is -2.70. The summed E-state index contributed by atoms with van der Waals surface area (Å²) in [7, 11) is 0. The summed E-state index contributed by atoms with van der Waals surface area (Å²) < 4.78 is 4.53. The maximum Gasteiger partial charge on any atom is 0.338 e. The van der Waals surface area contributed by atoms with Crippen LogP contribution in [0.2, 0.25) is 0 Å². The van der Waals surface area contributed by atoms with Gasteiger partial charge in [0.05, 0.1) is 5.56 Å². The summed E-state index contributed by atoms with van der Waals surface area (Å²) in [6.07, 6.45) is 2.62. The molecule has 1 amide bonds.